The number of thioether (sulfide) groups is 1. The maximum atomic E-state index is 11.1. The number of ether oxygens (including phenoxy) is 2. The molecule has 1 aromatic carbocycles. The Bertz CT molecular complexity index is 466. The van der Waals surface area contributed by atoms with E-state index in [0.717, 1.165) is 22.8 Å². The number of hydrogen-bond donors (Lipinski definition) is 2. The highest BCUT2D eigenvalue weighted by molar-refractivity contribution is 7.99. The largest absolute Gasteiger partial charge is 0.497 e. The third-order valence-corrected chi connectivity index (χ3v) is 4.26. The first-order valence-electron chi connectivity index (χ1n) is 5.98. The quantitative estimate of drug-likeness (QED) is 0.879. The van der Waals surface area contributed by atoms with Crippen LogP contribution in [0.4, 0.5) is 0 Å². The zero-order chi connectivity index (χ0) is 13.8. The smallest absolute Gasteiger partial charge is 0.320 e. The zero-order valence-electron chi connectivity index (χ0n) is 10.9. The number of methoxy groups -OCH3 is 2. The molecule has 0 aliphatic carbocycles. The molecule has 1 aliphatic heterocycles. The highest BCUT2D eigenvalue weighted by atomic mass is 32.2. The van der Waals surface area contributed by atoms with Crippen molar-refractivity contribution >= 4 is 17.7 Å². The Hall–Kier alpha value is -1.40. The van der Waals surface area contributed by atoms with E-state index in [2.05, 4.69) is 5.32 Å². The van der Waals surface area contributed by atoms with Gasteiger partial charge in [0.1, 0.15) is 17.5 Å². The number of hydrogen-bond acceptors (Lipinski definition) is 5. The third-order valence-electron chi connectivity index (χ3n) is 3.06. The highest BCUT2D eigenvalue weighted by Gasteiger charge is 2.29. The standard InChI is InChI=1S/C13H17NO4S/c1-17-8-3-4-11(18-2)9(7-8)12-14-10(13(15)16)5-6-19-12/h3-4,7,10,12,14H,5-6H2,1-2H3,(H,15,16). The van der Waals surface area contributed by atoms with Crippen molar-refractivity contribution in [2.24, 2.45) is 0 Å². The van der Waals surface area contributed by atoms with Crippen LogP contribution in [-0.4, -0.2) is 37.1 Å². The summed E-state index contributed by atoms with van der Waals surface area (Å²) in [5, 5.41) is 12.1. The van der Waals surface area contributed by atoms with E-state index in [9.17, 15) is 4.79 Å². The van der Waals surface area contributed by atoms with Crippen LogP contribution in [0.15, 0.2) is 18.2 Å². The molecular weight excluding hydrogens is 266 g/mol. The van der Waals surface area contributed by atoms with Crippen molar-refractivity contribution in [3.8, 4) is 11.5 Å². The Morgan fingerprint density at radius 2 is 2.21 bits per heavy atom. The molecule has 1 saturated heterocycles. The minimum atomic E-state index is -0.813. The lowest BCUT2D eigenvalue weighted by atomic mass is 10.1. The molecule has 2 rings (SSSR count). The predicted molar refractivity (Wildman–Crippen MR) is 73.9 cm³/mol. The lowest BCUT2D eigenvalue weighted by Crippen LogP contribution is -2.41. The minimum absolute atomic E-state index is 0.0973. The Labute approximate surface area is 116 Å². The maximum absolute atomic E-state index is 11.1. The van der Waals surface area contributed by atoms with Crippen molar-refractivity contribution in [2.75, 3.05) is 20.0 Å². The van der Waals surface area contributed by atoms with E-state index in [1.165, 1.54) is 0 Å². The molecule has 0 amide bonds. The van der Waals surface area contributed by atoms with Crippen LogP contribution in [0, 0.1) is 0 Å². The van der Waals surface area contributed by atoms with Gasteiger partial charge in [-0.1, -0.05) is 0 Å². The van der Waals surface area contributed by atoms with Crippen LogP contribution in [-0.2, 0) is 4.79 Å². The summed E-state index contributed by atoms with van der Waals surface area (Å²) >= 11 is 1.68. The molecule has 2 unspecified atom stereocenters. The van der Waals surface area contributed by atoms with E-state index in [4.69, 9.17) is 14.6 Å². The Balaban J connectivity index is 2.26. The number of carboxylic acids is 1. The Morgan fingerprint density at radius 3 is 2.84 bits per heavy atom. The molecule has 104 valence electrons. The molecule has 19 heavy (non-hydrogen) atoms. The number of rotatable bonds is 4. The number of benzene rings is 1. The van der Waals surface area contributed by atoms with Crippen molar-refractivity contribution in [1.29, 1.82) is 0 Å². The summed E-state index contributed by atoms with van der Waals surface area (Å²) in [5.41, 5.74) is 0.915. The van der Waals surface area contributed by atoms with Gasteiger partial charge in [-0.05, 0) is 30.4 Å². The summed E-state index contributed by atoms with van der Waals surface area (Å²) < 4.78 is 10.5. The summed E-state index contributed by atoms with van der Waals surface area (Å²) in [6, 6.07) is 5.03. The highest BCUT2D eigenvalue weighted by Crippen LogP contribution is 2.38. The molecular formula is C13H17NO4S. The van der Waals surface area contributed by atoms with Crippen LogP contribution in [0.25, 0.3) is 0 Å². The second-order valence-corrected chi connectivity index (χ2v) is 5.42. The van der Waals surface area contributed by atoms with Gasteiger partial charge in [0.2, 0.25) is 0 Å². The molecule has 0 bridgehead atoms. The summed E-state index contributed by atoms with van der Waals surface area (Å²) in [5.74, 6) is 1.45. The van der Waals surface area contributed by atoms with E-state index in [0.29, 0.717) is 6.42 Å². The summed E-state index contributed by atoms with van der Waals surface area (Å²) in [7, 11) is 3.21. The number of carbonyl (C=O) groups is 1. The topological polar surface area (TPSA) is 67.8 Å². The number of nitrogens with one attached hydrogen (secondary N) is 1. The summed E-state index contributed by atoms with van der Waals surface area (Å²) in [6.45, 7) is 0. The van der Waals surface area contributed by atoms with Crippen molar-refractivity contribution in [2.45, 2.75) is 17.8 Å². The zero-order valence-corrected chi connectivity index (χ0v) is 11.7. The molecule has 1 fully saturated rings. The van der Waals surface area contributed by atoms with Crippen LogP contribution in [0.2, 0.25) is 0 Å². The molecule has 0 saturated carbocycles. The van der Waals surface area contributed by atoms with E-state index >= 15 is 0 Å². The molecule has 0 spiro atoms. The fourth-order valence-corrected chi connectivity index (χ4v) is 3.27. The number of carboxylic acid groups (broad SMARTS) is 1. The van der Waals surface area contributed by atoms with Gasteiger partial charge < -0.3 is 14.6 Å². The predicted octanol–water partition coefficient (Wildman–Crippen LogP) is 1.88. The SMILES string of the molecule is COc1ccc(OC)c(C2NC(C(=O)O)CCS2)c1. The van der Waals surface area contributed by atoms with Crippen molar-refractivity contribution in [3.63, 3.8) is 0 Å². The average Bonchev–Trinajstić information content (AvgIpc) is 2.46. The molecule has 1 aliphatic rings. The van der Waals surface area contributed by atoms with Crippen LogP contribution < -0.4 is 14.8 Å². The molecule has 0 aromatic heterocycles. The second-order valence-electron chi connectivity index (χ2n) is 4.20. The average molecular weight is 283 g/mol. The molecule has 1 aromatic rings. The first-order valence-corrected chi connectivity index (χ1v) is 7.03. The van der Waals surface area contributed by atoms with E-state index in [1.54, 1.807) is 26.0 Å². The van der Waals surface area contributed by atoms with Crippen LogP contribution in [0.3, 0.4) is 0 Å². The van der Waals surface area contributed by atoms with Gasteiger partial charge in [0, 0.05) is 5.56 Å². The Kier molecular flexibility index (Phi) is 4.55. The van der Waals surface area contributed by atoms with Gasteiger partial charge in [-0.3, -0.25) is 10.1 Å². The normalized spacial score (nSPS) is 22.8. The molecule has 2 N–H and O–H groups in total. The van der Waals surface area contributed by atoms with Gasteiger partial charge in [-0.2, -0.15) is 0 Å². The monoisotopic (exact) mass is 283 g/mol. The van der Waals surface area contributed by atoms with Crippen LogP contribution >= 0.6 is 11.8 Å². The molecule has 6 heteroatoms. The molecule has 0 radical (unpaired) electrons. The first kappa shape index (κ1) is 14.0. The van der Waals surface area contributed by atoms with Gasteiger partial charge in [-0.15, -0.1) is 11.8 Å². The minimum Gasteiger partial charge on any atom is -0.497 e. The summed E-state index contributed by atoms with van der Waals surface area (Å²) in [6.07, 6.45) is 0.628. The van der Waals surface area contributed by atoms with Gasteiger partial charge in [0.15, 0.2) is 0 Å². The third kappa shape index (κ3) is 3.13. The Morgan fingerprint density at radius 1 is 1.42 bits per heavy atom. The van der Waals surface area contributed by atoms with Gasteiger partial charge in [-0.25, -0.2) is 0 Å². The van der Waals surface area contributed by atoms with Crippen LogP contribution in [0.1, 0.15) is 17.4 Å². The van der Waals surface area contributed by atoms with Crippen molar-refractivity contribution < 1.29 is 19.4 Å². The van der Waals surface area contributed by atoms with Gasteiger partial charge in [0.05, 0.1) is 19.6 Å². The first-order chi connectivity index (χ1) is 9.15. The van der Waals surface area contributed by atoms with Crippen LogP contribution in [0.5, 0.6) is 11.5 Å². The fourth-order valence-electron chi connectivity index (χ4n) is 2.04. The lowest BCUT2D eigenvalue weighted by Gasteiger charge is -2.29. The van der Waals surface area contributed by atoms with Crippen molar-refractivity contribution in [1.82, 2.24) is 5.32 Å². The molecule has 2 atom stereocenters. The maximum Gasteiger partial charge on any atom is 0.320 e. The molecule has 1 heterocycles. The number of aliphatic carboxylic acids is 1. The second kappa shape index (κ2) is 6.16. The fraction of sp³-hybridized carbons (Fsp3) is 0.462. The molecule has 5 nitrogen and oxygen atoms in total. The van der Waals surface area contributed by atoms with E-state index in [-0.39, 0.29) is 5.37 Å². The summed E-state index contributed by atoms with van der Waals surface area (Å²) in [4.78, 5) is 11.1. The van der Waals surface area contributed by atoms with E-state index in [1.807, 2.05) is 18.2 Å². The lowest BCUT2D eigenvalue weighted by molar-refractivity contribution is -0.139. The van der Waals surface area contributed by atoms with Gasteiger partial charge in [0.25, 0.3) is 0 Å². The van der Waals surface area contributed by atoms with E-state index < -0.39 is 12.0 Å². The van der Waals surface area contributed by atoms with Gasteiger partial charge >= 0.3 is 5.97 Å². The van der Waals surface area contributed by atoms with Crippen molar-refractivity contribution in [3.05, 3.63) is 23.8 Å².